The third-order valence-electron chi connectivity index (χ3n) is 5.89. The molecule has 176 valence electrons. The number of pyridine rings is 4. The van der Waals surface area contributed by atoms with Gasteiger partial charge in [-0.15, -0.1) is 0 Å². The Balaban J connectivity index is 1.46. The maximum Gasteiger partial charge on any atom is 0.128 e. The molecule has 6 rings (SSSR count). The molecule has 0 saturated carbocycles. The van der Waals surface area contributed by atoms with E-state index in [9.17, 15) is 0 Å². The molecule has 0 aliphatic heterocycles. The molecule has 0 aliphatic carbocycles. The molecule has 5 heteroatoms. The van der Waals surface area contributed by atoms with Gasteiger partial charge in [-0.1, -0.05) is 24.3 Å². The van der Waals surface area contributed by atoms with E-state index in [2.05, 4.69) is 32.1 Å². The lowest BCUT2D eigenvalue weighted by molar-refractivity contribution is 0.483. The van der Waals surface area contributed by atoms with Gasteiger partial charge < -0.3 is 4.74 Å². The van der Waals surface area contributed by atoms with Gasteiger partial charge in [-0.25, -0.2) is 0 Å². The Kier molecular flexibility index (Phi) is 6.16. The van der Waals surface area contributed by atoms with Crippen LogP contribution in [0.15, 0.2) is 134 Å². The van der Waals surface area contributed by atoms with Gasteiger partial charge in [-0.3, -0.25) is 19.9 Å². The fourth-order valence-electron chi connectivity index (χ4n) is 4.18. The summed E-state index contributed by atoms with van der Waals surface area (Å²) in [4.78, 5) is 18.2. The zero-order valence-corrected chi connectivity index (χ0v) is 19.9. The van der Waals surface area contributed by atoms with E-state index in [0.29, 0.717) is 11.5 Å². The minimum Gasteiger partial charge on any atom is -0.457 e. The first-order valence-electron chi connectivity index (χ1n) is 12.0. The monoisotopic (exact) mass is 478 g/mol. The summed E-state index contributed by atoms with van der Waals surface area (Å²) in [6, 6.07) is 35.7. The lowest BCUT2D eigenvalue weighted by atomic mass is 10.0. The lowest BCUT2D eigenvalue weighted by Crippen LogP contribution is -1.92. The van der Waals surface area contributed by atoms with E-state index >= 15 is 0 Å². The van der Waals surface area contributed by atoms with Crippen LogP contribution < -0.4 is 4.74 Å². The van der Waals surface area contributed by atoms with Crippen LogP contribution in [-0.2, 0) is 0 Å². The van der Waals surface area contributed by atoms with E-state index in [1.165, 1.54) is 0 Å². The van der Waals surface area contributed by atoms with E-state index in [-0.39, 0.29) is 0 Å². The number of hydrogen-bond acceptors (Lipinski definition) is 5. The normalized spacial score (nSPS) is 10.7. The fraction of sp³-hybridized carbons (Fsp3) is 0. The second-order valence-corrected chi connectivity index (χ2v) is 8.45. The van der Waals surface area contributed by atoms with Crippen molar-refractivity contribution in [2.24, 2.45) is 0 Å². The maximum atomic E-state index is 6.52. The first-order valence-corrected chi connectivity index (χ1v) is 12.0. The van der Waals surface area contributed by atoms with Crippen molar-refractivity contribution in [2.75, 3.05) is 0 Å². The Bertz CT molecular complexity index is 1380. The van der Waals surface area contributed by atoms with Crippen LogP contribution in [0.4, 0.5) is 0 Å². The fourth-order valence-corrected chi connectivity index (χ4v) is 4.18. The molecule has 37 heavy (non-hydrogen) atoms. The van der Waals surface area contributed by atoms with E-state index < -0.39 is 0 Å². The van der Waals surface area contributed by atoms with Gasteiger partial charge >= 0.3 is 0 Å². The first-order chi connectivity index (χ1) is 18.3. The van der Waals surface area contributed by atoms with Crippen LogP contribution >= 0.6 is 0 Å². The molecule has 0 atom stereocenters. The summed E-state index contributed by atoms with van der Waals surface area (Å²) in [5.41, 5.74) is 7.24. The summed E-state index contributed by atoms with van der Waals surface area (Å²) in [6.07, 6.45) is 7.16. The lowest BCUT2D eigenvalue weighted by Gasteiger charge is -2.13. The molecular formula is C32H22N4O. The number of rotatable bonds is 6. The Hall–Kier alpha value is -5.16. The molecule has 0 radical (unpaired) electrons. The molecule has 6 aromatic rings. The van der Waals surface area contributed by atoms with Crippen molar-refractivity contribution < 1.29 is 4.74 Å². The molecule has 0 unspecified atom stereocenters. The van der Waals surface area contributed by atoms with E-state index in [1.807, 2.05) is 97.1 Å². The summed E-state index contributed by atoms with van der Waals surface area (Å²) in [7, 11) is 0. The van der Waals surface area contributed by atoms with Crippen molar-refractivity contribution in [3.8, 4) is 56.5 Å². The molecule has 5 nitrogen and oxygen atoms in total. The Morgan fingerprint density at radius 1 is 0.351 bits per heavy atom. The van der Waals surface area contributed by atoms with Gasteiger partial charge in [-0.2, -0.15) is 0 Å². The Morgan fingerprint density at radius 2 is 0.649 bits per heavy atom. The van der Waals surface area contributed by atoms with Crippen LogP contribution in [0.5, 0.6) is 11.5 Å². The summed E-state index contributed by atoms with van der Waals surface area (Å²) < 4.78 is 6.52. The number of aromatic nitrogens is 4. The molecule has 4 heterocycles. The molecule has 0 amide bonds. The smallest absolute Gasteiger partial charge is 0.128 e. The molecule has 0 fully saturated rings. The second-order valence-electron chi connectivity index (χ2n) is 8.45. The standard InChI is InChI=1S/C32H22N4O/c1-5-13-33-29(9-1)23-17-24(30-10-2-6-14-34-30)20-27(19-23)37-28-21-25(31-11-3-7-15-35-31)18-26(22-28)32-12-4-8-16-36-32/h1-22H. The van der Waals surface area contributed by atoms with Crippen LogP contribution in [0.3, 0.4) is 0 Å². The molecule has 0 aliphatic rings. The van der Waals surface area contributed by atoms with Gasteiger partial charge in [0.1, 0.15) is 11.5 Å². The van der Waals surface area contributed by atoms with Gasteiger partial charge in [0.15, 0.2) is 0 Å². The van der Waals surface area contributed by atoms with Gasteiger partial charge in [0, 0.05) is 47.0 Å². The van der Waals surface area contributed by atoms with E-state index in [1.54, 1.807) is 24.8 Å². The maximum absolute atomic E-state index is 6.52. The van der Waals surface area contributed by atoms with Crippen molar-refractivity contribution >= 4 is 0 Å². The predicted octanol–water partition coefficient (Wildman–Crippen LogP) is 7.73. The second kappa shape index (κ2) is 10.2. The molecule has 0 N–H and O–H groups in total. The summed E-state index contributed by atoms with van der Waals surface area (Å²) >= 11 is 0. The van der Waals surface area contributed by atoms with Crippen molar-refractivity contribution in [2.45, 2.75) is 0 Å². The quantitative estimate of drug-likeness (QED) is 0.245. The van der Waals surface area contributed by atoms with E-state index in [0.717, 1.165) is 45.0 Å². The largest absolute Gasteiger partial charge is 0.457 e. The van der Waals surface area contributed by atoms with Gasteiger partial charge in [0.05, 0.1) is 22.8 Å². The minimum absolute atomic E-state index is 0.689. The Morgan fingerprint density at radius 3 is 0.892 bits per heavy atom. The van der Waals surface area contributed by atoms with Crippen molar-refractivity contribution in [3.05, 3.63) is 134 Å². The zero-order valence-electron chi connectivity index (χ0n) is 19.9. The summed E-state index contributed by atoms with van der Waals surface area (Å²) in [6.45, 7) is 0. The average Bonchev–Trinajstić information content (AvgIpc) is 2.99. The molecule has 2 aromatic carbocycles. The highest BCUT2D eigenvalue weighted by Gasteiger charge is 2.12. The average molecular weight is 479 g/mol. The first kappa shape index (κ1) is 22.3. The van der Waals surface area contributed by atoms with E-state index in [4.69, 9.17) is 4.74 Å². The number of hydrogen-bond donors (Lipinski definition) is 0. The molecule has 0 saturated heterocycles. The molecule has 0 bridgehead atoms. The topological polar surface area (TPSA) is 60.8 Å². The van der Waals surface area contributed by atoms with Crippen LogP contribution in [0.2, 0.25) is 0 Å². The summed E-state index contributed by atoms with van der Waals surface area (Å²) in [5, 5.41) is 0. The van der Waals surface area contributed by atoms with Crippen molar-refractivity contribution in [1.82, 2.24) is 19.9 Å². The number of benzene rings is 2. The third-order valence-corrected chi connectivity index (χ3v) is 5.89. The van der Waals surface area contributed by atoms with Crippen molar-refractivity contribution in [3.63, 3.8) is 0 Å². The summed E-state index contributed by atoms with van der Waals surface area (Å²) in [5.74, 6) is 1.38. The van der Waals surface area contributed by atoms with Crippen molar-refractivity contribution in [1.29, 1.82) is 0 Å². The van der Waals surface area contributed by atoms with Gasteiger partial charge in [0.25, 0.3) is 0 Å². The molecule has 4 aromatic heterocycles. The van der Waals surface area contributed by atoms with Gasteiger partial charge in [0.2, 0.25) is 0 Å². The minimum atomic E-state index is 0.689. The highest BCUT2D eigenvalue weighted by atomic mass is 16.5. The highest BCUT2D eigenvalue weighted by Crippen LogP contribution is 2.35. The third kappa shape index (κ3) is 5.11. The van der Waals surface area contributed by atoms with Gasteiger partial charge in [-0.05, 0) is 84.9 Å². The zero-order chi connectivity index (χ0) is 24.9. The SMILES string of the molecule is c1ccc(-c2cc(Oc3cc(-c4ccccn4)cc(-c4ccccn4)c3)cc(-c3ccccn3)c2)nc1. The Labute approximate surface area is 215 Å². The number of nitrogens with zero attached hydrogens (tertiary/aromatic N) is 4. The van der Waals surface area contributed by atoms with Crippen LogP contribution in [0, 0.1) is 0 Å². The predicted molar refractivity (Wildman–Crippen MR) is 146 cm³/mol. The van der Waals surface area contributed by atoms with Crippen LogP contribution in [0.1, 0.15) is 0 Å². The highest BCUT2D eigenvalue weighted by molar-refractivity contribution is 5.74. The number of ether oxygens (including phenoxy) is 1. The van der Waals surface area contributed by atoms with Crippen LogP contribution in [0.25, 0.3) is 45.0 Å². The molecule has 0 spiro atoms. The van der Waals surface area contributed by atoms with Crippen LogP contribution in [-0.4, -0.2) is 19.9 Å². The molecular weight excluding hydrogens is 456 g/mol.